The van der Waals surface area contributed by atoms with Gasteiger partial charge in [-0.15, -0.1) is 0 Å². The van der Waals surface area contributed by atoms with Gasteiger partial charge in [0.15, 0.2) is 0 Å². The van der Waals surface area contributed by atoms with Gasteiger partial charge in [-0.05, 0) is 56.8 Å². The summed E-state index contributed by atoms with van der Waals surface area (Å²) in [5, 5.41) is 7.13. The first-order valence-corrected chi connectivity index (χ1v) is 6.87. The lowest BCUT2D eigenvalue weighted by molar-refractivity contribution is 0.523. The summed E-state index contributed by atoms with van der Waals surface area (Å²) in [6.45, 7) is 5.66. The summed E-state index contributed by atoms with van der Waals surface area (Å²) in [6, 6.07) is 10.1. The molecule has 0 aromatic heterocycles. The molecule has 0 amide bonds. The molecule has 17 heavy (non-hydrogen) atoms. The van der Waals surface area contributed by atoms with E-state index in [1.54, 1.807) is 0 Å². The van der Waals surface area contributed by atoms with Gasteiger partial charge in [-0.2, -0.15) is 0 Å². The maximum atomic E-state index is 3.58. The van der Waals surface area contributed by atoms with E-state index >= 15 is 0 Å². The third kappa shape index (κ3) is 3.74. The molecule has 2 heteroatoms. The fourth-order valence-electron chi connectivity index (χ4n) is 2.56. The second-order valence-electron chi connectivity index (χ2n) is 5.12. The number of aryl methyl sites for hydroxylation is 1. The van der Waals surface area contributed by atoms with Crippen molar-refractivity contribution in [3.8, 4) is 0 Å². The zero-order valence-electron chi connectivity index (χ0n) is 11.0. The van der Waals surface area contributed by atoms with Gasteiger partial charge in [0, 0.05) is 17.8 Å². The lowest BCUT2D eigenvalue weighted by Crippen LogP contribution is -2.29. The van der Waals surface area contributed by atoms with Crippen LogP contribution in [0.25, 0.3) is 0 Å². The normalized spacial score (nSPS) is 21.4. The fourth-order valence-corrected chi connectivity index (χ4v) is 2.56. The van der Waals surface area contributed by atoms with Crippen molar-refractivity contribution in [2.45, 2.75) is 51.6 Å². The molecule has 1 saturated heterocycles. The van der Waals surface area contributed by atoms with Gasteiger partial charge in [-0.3, -0.25) is 0 Å². The molecule has 1 heterocycles. The lowest BCUT2D eigenvalue weighted by Gasteiger charge is -2.19. The molecule has 2 unspecified atom stereocenters. The van der Waals surface area contributed by atoms with Crippen molar-refractivity contribution >= 4 is 5.69 Å². The molecule has 2 rings (SSSR count). The van der Waals surface area contributed by atoms with E-state index in [4.69, 9.17) is 0 Å². The average molecular weight is 232 g/mol. The first-order valence-electron chi connectivity index (χ1n) is 6.87. The van der Waals surface area contributed by atoms with Crippen molar-refractivity contribution in [3.05, 3.63) is 29.8 Å². The van der Waals surface area contributed by atoms with Crippen LogP contribution in [-0.2, 0) is 6.42 Å². The van der Waals surface area contributed by atoms with Crippen molar-refractivity contribution in [2.75, 3.05) is 11.9 Å². The van der Waals surface area contributed by atoms with E-state index in [-0.39, 0.29) is 0 Å². The Bertz CT molecular complexity index is 325. The van der Waals surface area contributed by atoms with E-state index in [0.717, 1.165) is 6.42 Å². The van der Waals surface area contributed by atoms with E-state index in [2.05, 4.69) is 48.7 Å². The Kier molecular flexibility index (Phi) is 4.43. The number of benzene rings is 1. The monoisotopic (exact) mass is 232 g/mol. The molecule has 94 valence electrons. The van der Waals surface area contributed by atoms with Crippen LogP contribution in [0.4, 0.5) is 5.69 Å². The maximum Gasteiger partial charge on any atom is 0.0342 e. The van der Waals surface area contributed by atoms with E-state index in [1.165, 1.54) is 37.1 Å². The van der Waals surface area contributed by atoms with Gasteiger partial charge in [-0.1, -0.05) is 19.1 Å². The van der Waals surface area contributed by atoms with Crippen LogP contribution >= 0.6 is 0 Å². The van der Waals surface area contributed by atoms with E-state index in [0.29, 0.717) is 12.1 Å². The first kappa shape index (κ1) is 12.4. The fraction of sp³-hybridized carbons (Fsp3) is 0.600. The summed E-state index contributed by atoms with van der Waals surface area (Å²) in [5.74, 6) is 0. The molecule has 1 aliphatic rings. The highest BCUT2D eigenvalue weighted by molar-refractivity contribution is 5.45. The highest BCUT2D eigenvalue weighted by Crippen LogP contribution is 2.15. The molecule has 2 nitrogen and oxygen atoms in total. The lowest BCUT2D eigenvalue weighted by atomic mass is 10.1. The van der Waals surface area contributed by atoms with Crippen LogP contribution in [0.1, 0.15) is 38.7 Å². The predicted molar refractivity (Wildman–Crippen MR) is 74.5 cm³/mol. The molecule has 0 radical (unpaired) electrons. The Hall–Kier alpha value is -1.02. The molecule has 0 aliphatic carbocycles. The van der Waals surface area contributed by atoms with Gasteiger partial charge in [0.25, 0.3) is 0 Å². The Morgan fingerprint density at radius 2 is 2.12 bits per heavy atom. The Labute approximate surface area is 105 Å². The molecule has 1 aliphatic heterocycles. The van der Waals surface area contributed by atoms with E-state index in [1.807, 2.05) is 0 Å². The number of nitrogens with one attached hydrogen (secondary N) is 2. The standard InChI is InChI=1S/C15H24N2/c1-3-13-6-8-14(9-7-13)17-12(2)11-15-5-4-10-16-15/h6-9,12,15-17H,3-5,10-11H2,1-2H3. The number of anilines is 1. The van der Waals surface area contributed by atoms with Crippen LogP contribution in [-0.4, -0.2) is 18.6 Å². The number of hydrogen-bond donors (Lipinski definition) is 2. The van der Waals surface area contributed by atoms with Crippen LogP contribution in [0.2, 0.25) is 0 Å². The molecule has 2 atom stereocenters. The minimum Gasteiger partial charge on any atom is -0.383 e. The molecule has 0 bridgehead atoms. The molecule has 0 saturated carbocycles. The summed E-state index contributed by atoms with van der Waals surface area (Å²) >= 11 is 0. The number of hydrogen-bond acceptors (Lipinski definition) is 2. The van der Waals surface area contributed by atoms with Crippen molar-refractivity contribution < 1.29 is 0 Å². The van der Waals surface area contributed by atoms with Gasteiger partial charge >= 0.3 is 0 Å². The van der Waals surface area contributed by atoms with Crippen molar-refractivity contribution in [1.82, 2.24) is 5.32 Å². The molecule has 1 aromatic carbocycles. The third-order valence-electron chi connectivity index (χ3n) is 3.58. The Morgan fingerprint density at radius 3 is 2.71 bits per heavy atom. The predicted octanol–water partition coefficient (Wildman–Crippen LogP) is 3.19. The zero-order chi connectivity index (χ0) is 12.1. The topological polar surface area (TPSA) is 24.1 Å². The molecule has 1 fully saturated rings. The second-order valence-corrected chi connectivity index (χ2v) is 5.12. The minimum atomic E-state index is 0.540. The summed E-state index contributed by atoms with van der Waals surface area (Å²) in [4.78, 5) is 0. The smallest absolute Gasteiger partial charge is 0.0342 e. The third-order valence-corrected chi connectivity index (χ3v) is 3.58. The van der Waals surface area contributed by atoms with Crippen molar-refractivity contribution in [2.24, 2.45) is 0 Å². The van der Waals surface area contributed by atoms with Crippen LogP contribution in [0.15, 0.2) is 24.3 Å². The van der Waals surface area contributed by atoms with E-state index < -0.39 is 0 Å². The van der Waals surface area contributed by atoms with Gasteiger partial charge in [0.2, 0.25) is 0 Å². The minimum absolute atomic E-state index is 0.540. The van der Waals surface area contributed by atoms with Crippen LogP contribution in [0.3, 0.4) is 0 Å². The average Bonchev–Trinajstić information content (AvgIpc) is 2.82. The quantitative estimate of drug-likeness (QED) is 0.814. The van der Waals surface area contributed by atoms with Crippen LogP contribution in [0.5, 0.6) is 0 Å². The summed E-state index contributed by atoms with van der Waals surface area (Å²) in [7, 11) is 0. The highest BCUT2D eigenvalue weighted by Gasteiger charge is 2.16. The van der Waals surface area contributed by atoms with Gasteiger partial charge in [0.1, 0.15) is 0 Å². The highest BCUT2D eigenvalue weighted by atomic mass is 15.0. The van der Waals surface area contributed by atoms with E-state index in [9.17, 15) is 0 Å². The summed E-state index contributed by atoms with van der Waals surface area (Å²) in [6.07, 6.45) is 5.00. The SMILES string of the molecule is CCc1ccc(NC(C)CC2CCCN2)cc1. The largest absolute Gasteiger partial charge is 0.383 e. The van der Waals surface area contributed by atoms with Crippen molar-refractivity contribution in [1.29, 1.82) is 0 Å². The molecule has 0 spiro atoms. The van der Waals surface area contributed by atoms with Gasteiger partial charge < -0.3 is 10.6 Å². The Balaban J connectivity index is 1.81. The molecular formula is C15H24N2. The van der Waals surface area contributed by atoms with Crippen LogP contribution < -0.4 is 10.6 Å². The second kappa shape index (κ2) is 6.06. The summed E-state index contributed by atoms with van der Waals surface area (Å²) < 4.78 is 0. The molecule has 2 N–H and O–H groups in total. The summed E-state index contributed by atoms with van der Waals surface area (Å²) in [5.41, 5.74) is 2.65. The zero-order valence-corrected chi connectivity index (χ0v) is 11.0. The van der Waals surface area contributed by atoms with Crippen molar-refractivity contribution in [3.63, 3.8) is 0 Å². The molecule has 1 aromatic rings. The number of rotatable bonds is 5. The maximum absolute atomic E-state index is 3.58. The molecular weight excluding hydrogens is 208 g/mol. The van der Waals surface area contributed by atoms with Crippen LogP contribution in [0, 0.1) is 0 Å². The van der Waals surface area contributed by atoms with Gasteiger partial charge in [-0.25, -0.2) is 0 Å². The van der Waals surface area contributed by atoms with Gasteiger partial charge in [0.05, 0.1) is 0 Å². The first-order chi connectivity index (χ1) is 8.28. The Morgan fingerprint density at radius 1 is 1.35 bits per heavy atom.